The van der Waals surface area contributed by atoms with E-state index >= 15 is 0 Å². The van der Waals surface area contributed by atoms with Gasteiger partial charge in [-0.25, -0.2) is 0 Å². The van der Waals surface area contributed by atoms with Crippen molar-refractivity contribution in [1.29, 1.82) is 0 Å². The number of anilines is 1. The van der Waals surface area contributed by atoms with Crippen molar-refractivity contribution in [3.05, 3.63) is 59.7 Å². The Hall–Kier alpha value is -3.15. The number of nitrogens with one attached hydrogen (secondary N) is 1. The number of amides is 2. The molecule has 1 aliphatic heterocycles. The molecule has 6 nitrogen and oxygen atoms in total. The summed E-state index contributed by atoms with van der Waals surface area (Å²) in [5.74, 6) is 0.466. The Morgan fingerprint density at radius 2 is 1.96 bits per heavy atom. The van der Waals surface area contributed by atoms with Gasteiger partial charge < -0.3 is 10.1 Å². The number of ether oxygens (including phenoxy) is 1. The van der Waals surface area contributed by atoms with Crippen molar-refractivity contribution in [2.24, 2.45) is 5.10 Å². The fourth-order valence-corrected chi connectivity index (χ4v) is 2.47. The van der Waals surface area contributed by atoms with E-state index in [2.05, 4.69) is 10.4 Å². The highest BCUT2D eigenvalue weighted by Gasteiger charge is 2.26. The minimum absolute atomic E-state index is 0.0596. The second kappa shape index (κ2) is 7.17. The largest absolute Gasteiger partial charge is 0.483 e. The molecule has 1 N–H and O–H groups in total. The lowest BCUT2D eigenvalue weighted by Crippen LogP contribution is -2.33. The number of hydrazone groups is 1. The first-order valence-electron chi connectivity index (χ1n) is 7.98. The summed E-state index contributed by atoms with van der Waals surface area (Å²) in [6.45, 7) is 3.75. The third-order valence-electron chi connectivity index (χ3n) is 3.76. The first-order valence-corrected chi connectivity index (χ1v) is 7.98. The smallest absolute Gasteiger partial charge is 0.263 e. The third kappa shape index (κ3) is 4.03. The molecule has 128 valence electrons. The van der Waals surface area contributed by atoms with E-state index in [9.17, 15) is 9.59 Å². The Balaban J connectivity index is 1.60. The first kappa shape index (κ1) is 16.7. The van der Waals surface area contributed by atoms with Gasteiger partial charge in [-0.3, -0.25) is 9.59 Å². The number of hydrogen-bond acceptors (Lipinski definition) is 4. The fraction of sp³-hybridized carbons (Fsp3) is 0.211. The lowest BCUT2D eigenvalue weighted by molar-refractivity contribution is -0.121. The molecule has 3 rings (SSSR count). The SMILES string of the molecule is Cc1ccc(C)c(OCC(=O)NC2=NN(c3ccccc3)C(=O)C2)c1. The van der Waals surface area contributed by atoms with Gasteiger partial charge in [0.1, 0.15) is 11.6 Å². The molecular weight excluding hydrogens is 318 g/mol. The zero-order valence-electron chi connectivity index (χ0n) is 14.2. The van der Waals surface area contributed by atoms with Gasteiger partial charge in [0, 0.05) is 0 Å². The fourth-order valence-electron chi connectivity index (χ4n) is 2.47. The number of hydrogen-bond donors (Lipinski definition) is 1. The number of carbonyl (C=O) groups is 2. The molecule has 6 heteroatoms. The monoisotopic (exact) mass is 337 g/mol. The summed E-state index contributed by atoms with van der Waals surface area (Å²) in [6.07, 6.45) is 0.0596. The molecule has 0 saturated carbocycles. The molecule has 0 atom stereocenters. The van der Waals surface area contributed by atoms with Crippen LogP contribution in [0, 0.1) is 13.8 Å². The van der Waals surface area contributed by atoms with Crippen LogP contribution < -0.4 is 15.1 Å². The van der Waals surface area contributed by atoms with Crippen LogP contribution in [-0.4, -0.2) is 24.3 Å². The molecule has 0 aromatic heterocycles. The summed E-state index contributed by atoms with van der Waals surface area (Å²) >= 11 is 0. The molecule has 25 heavy (non-hydrogen) atoms. The average Bonchev–Trinajstić information content (AvgIpc) is 2.96. The predicted octanol–water partition coefficient (Wildman–Crippen LogP) is 2.55. The van der Waals surface area contributed by atoms with Gasteiger partial charge in [0.2, 0.25) is 0 Å². The number of para-hydroxylation sites is 1. The Morgan fingerprint density at radius 1 is 1.20 bits per heavy atom. The van der Waals surface area contributed by atoms with Gasteiger partial charge in [0.25, 0.3) is 11.8 Å². The summed E-state index contributed by atoms with van der Waals surface area (Å²) in [5.41, 5.74) is 2.69. The number of rotatable bonds is 4. The Bertz CT molecular complexity index is 831. The second-order valence-electron chi connectivity index (χ2n) is 5.87. The molecule has 0 bridgehead atoms. The summed E-state index contributed by atoms with van der Waals surface area (Å²) in [5, 5.41) is 8.11. The van der Waals surface area contributed by atoms with Gasteiger partial charge in [-0.15, -0.1) is 0 Å². The van der Waals surface area contributed by atoms with Crippen LogP contribution in [-0.2, 0) is 9.59 Å². The van der Waals surface area contributed by atoms with Crippen molar-refractivity contribution in [3.63, 3.8) is 0 Å². The minimum Gasteiger partial charge on any atom is -0.483 e. The molecule has 0 aliphatic carbocycles. The third-order valence-corrected chi connectivity index (χ3v) is 3.76. The van der Waals surface area contributed by atoms with E-state index in [1.54, 1.807) is 12.1 Å². The molecule has 0 radical (unpaired) electrons. The van der Waals surface area contributed by atoms with Crippen LogP contribution in [0.3, 0.4) is 0 Å². The van der Waals surface area contributed by atoms with Gasteiger partial charge in [-0.2, -0.15) is 10.1 Å². The van der Waals surface area contributed by atoms with Crippen LogP contribution in [0.25, 0.3) is 0 Å². The standard InChI is InChI=1S/C19H19N3O3/c1-13-8-9-14(2)16(10-13)25-12-18(23)20-17-11-19(24)22(21-17)15-6-4-3-5-7-15/h3-10H,11-12H2,1-2H3,(H,20,21,23). The maximum atomic E-state index is 12.1. The van der Waals surface area contributed by atoms with Crippen molar-refractivity contribution in [2.75, 3.05) is 11.6 Å². The van der Waals surface area contributed by atoms with E-state index in [4.69, 9.17) is 4.74 Å². The topological polar surface area (TPSA) is 71.0 Å². The van der Waals surface area contributed by atoms with Crippen molar-refractivity contribution < 1.29 is 14.3 Å². The van der Waals surface area contributed by atoms with E-state index in [0.29, 0.717) is 17.3 Å². The van der Waals surface area contributed by atoms with Crippen LogP contribution in [0.1, 0.15) is 17.5 Å². The normalized spacial score (nSPS) is 13.6. The highest BCUT2D eigenvalue weighted by molar-refractivity contribution is 6.15. The maximum Gasteiger partial charge on any atom is 0.263 e. The molecule has 2 aromatic rings. The number of benzene rings is 2. The van der Waals surface area contributed by atoms with Crippen LogP contribution in [0.5, 0.6) is 5.75 Å². The van der Waals surface area contributed by atoms with Gasteiger partial charge in [-0.05, 0) is 43.2 Å². The lowest BCUT2D eigenvalue weighted by Gasteiger charge is -2.10. The highest BCUT2D eigenvalue weighted by atomic mass is 16.5. The van der Waals surface area contributed by atoms with E-state index in [-0.39, 0.29) is 24.8 Å². The zero-order chi connectivity index (χ0) is 17.8. The van der Waals surface area contributed by atoms with Crippen LogP contribution in [0.2, 0.25) is 0 Å². The van der Waals surface area contributed by atoms with Gasteiger partial charge in [0.05, 0.1) is 12.1 Å². The molecule has 2 amide bonds. The highest BCUT2D eigenvalue weighted by Crippen LogP contribution is 2.20. The molecule has 2 aromatic carbocycles. The summed E-state index contributed by atoms with van der Waals surface area (Å²) in [4.78, 5) is 24.1. The van der Waals surface area contributed by atoms with Gasteiger partial charge in [0.15, 0.2) is 6.61 Å². The summed E-state index contributed by atoms with van der Waals surface area (Å²) < 4.78 is 5.56. The first-order chi connectivity index (χ1) is 12.0. The summed E-state index contributed by atoms with van der Waals surface area (Å²) in [7, 11) is 0. The minimum atomic E-state index is -0.345. The predicted molar refractivity (Wildman–Crippen MR) is 95.5 cm³/mol. The zero-order valence-corrected chi connectivity index (χ0v) is 14.2. The van der Waals surface area contributed by atoms with Crippen LogP contribution >= 0.6 is 0 Å². The molecule has 0 saturated heterocycles. The second-order valence-corrected chi connectivity index (χ2v) is 5.87. The number of carbonyl (C=O) groups excluding carboxylic acids is 2. The Labute approximate surface area is 146 Å². The quantitative estimate of drug-likeness (QED) is 0.932. The summed E-state index contributed by atoms with van der Waals surface area (Å²) in [6, 6.07) is 14.9. The van der Waals surface area contributed by atoms with Gasteiger partial charge in [-0.1, -0.05) is 30.3 Å². The van der Waals surface area contributed by atoms with E-state index in [0.717, 1.165) is 11.1 Å². The number of aryl methyl sites for hydroxylation is 2. The van der Waals surface area contributed by atoms with E-state index in [1.807, 2.05) is 50.2 Å². The maximum absolute atomic E-state index is 12.1. The van der Waals surface area contributed by atoms with Crippen molar-refractivity contribution in [1.82, 2.24) is 5.32 Å². The van der Waals surface area contributed by atoms with Crippen molar-refractivity contribution in [2.45, 2.75) is 20.3 Å². The number of nitrogens with zero attached hydrogens (tertiary/aromatic N) is 2. The van der Waals surface area contributed by atoms with E-state index < -0.39 is 0 Å². The molecule has 0 spiro atoms. The van der Waals surface area contributed by atoms with Crippen molar-refractivity contribution >= 4 is 23.3 Å². The Kier molecular flexibility index (Phi) is 4.79. The molecular formula is C19H19N3O3. The average molecular weight is 337 g/mol. The molecule has 1 heterocycles. The number of amidine groups is 1. The van der Waals surface area contributed by atoms with Crippen molar-refractivity contribution in [3.8, 4) is 5.75 Å². The van der Waals surface area contributed by atoms with Crippen LogP contribution in [0.15, 0.2) is 53.6 Å². The molecule has 1 aliphatic rings. The Morgan fingerprint density at radius 3 is 2.72 bits per heavy atom. The van der Waals surface area contributed by atoms with E-state index in [1.165, 1.54) is 5.01 Å². The molecule has 0 unspecified atom stereocenters. The molecule has 0 fully saturated rings. The van der Waals surface area contributed by atoms with Crippen LogP contribution in [0.4, 0.5) is 5.69 Å². The lowest BCUT2D eigenvalue weighted by atomic mass is 10.1. The van der Waals surface area contributed by atoms with Gasteiger partial charge >= 0.3 is 0 Å².